The van der Waals surface area contributed by atoms with E-state index in [1.807, 2.05) is 78.9 Å². The van der Waals surface area contributed by atoms with Crippen LogP contribution in [0.1, 0.15) is 31.4 Å². The summed E-state index contributed by atoms with van der Waals surface area (Å²) in [5.74, 6) is 1.72. The zero-order valence-electron chi connectivity index (χ0n) is 15.6. The first-order chi connectivity index (χ1) is 12.9. The summed E-state index contributed by atoms with van der Waals surface area (Å²) in [7, 11) is 0. The fourth-order valence-corrected chi connectivity index (χ4v) is 3.26. The number of ether oxygens (including phenoxy) is 1. The Bertz CT molecular complexity index is 899. The molecule has 3 aromatic rings. The number of halogens is 1. The van der Waals surface area contributed by atoms with Gasteiger partial charge in [0.25, 0.3) is 0 Å². The molecule has 0 aliphatic carbocycles. The van der Waals surface area contributed by atoms with Crippen molar-refractivity contribution in [2.45, 2.75) is 32.1 Å². The molecule has 2 nitrogen and oxygen atoms in total. The SMILES string of the molecule is CC(C)(CC(=O)Cc1cccc(Oc2ccccc2)c1)c1ccc(Cl)cc1. The van der Waals surface area contributed by atoms with Crippen LogP contribution in [0.25, 0.3) is 0 Å². The number of hydrogen-bond donors (Lipinski definition) is 0. The maximum atomic E-state index is 12.7. The van der Waals surface area contributed by atoms with E-state index in [4.69, 9.17) is 16.3 Å². The van der Waals surface area contributed by atoms with Crippen LogP contribution in [0.5, 0.6) is 11.5 Å². The van der Waals surface area contributed by atoms with Crippen molar-refractivity contribution >= 4 is 17.4 Å². The summed E-state index contributed by atoms with van der Waals surface area (Å²) in [5.41, 5.74) is 1.83. The van der Waals surface area contributed by atoms with Crippen molar-refractivity contribution in [3.63, 3.8) is 0 Å². The Labute approximate surface area is 165 Å². The van der Waals surface area contributed by atoms with Crippen LogP contribution in [-0.2, 0) is 16.6 Å². The minimum Gasteiger partial charge on any atom is -0.457 e. The van der Waals surface area contributed by atoms with E-state index >= 15 is 0 Å². The Morgan fingerprint density at radius 2 is 1.56 bits per heavy atom. The molecule has 27 heavy (non-hydrogen) atoms. The minimum absolute atomic E-state index is 0.201. The van der Waals surface area contributed by atoms with Crippen molar-refractivity contribution in [2.24, 2.45) is 0 Å². The molecule has 0 radical (unpaired) electrons. The summed E-state index contributed by atoms with van der Waals surface area (Å²) in [6.07, 6.45) is 0.863. The third-order valence-corrected chi connectivity index (χ3v) is 4.80. The molecule has 3 rings (SSSR count). The van der Waals surface area contributed by atoms with Crippen molar-refractivity contribution < 1.29 is 9.53 Å². The molecule has 0 saturated heterocycles. The van der Waals surface area contributed by atoms with Gasteiger partial charge in [0.2, 0.25) is 0 Å². The molecule has 0 unspecified atom stereocenters. The Kier molecular flexibility index (Phi) is 5.98. The number of para-hydroxylation sites is 1. The second kappa shape index (κ2) is 8.41. The number of carbonyl (C=O) groups excluding carboxylic acids is 1. The summed E-state index contributed by atoms with van der Waals surface area (Å²) in [5, 5.41) is 0.705. The first-order valence-electron chi connectivity index (χ1n) is 9.02. The zero-order chi connectivity index (χ0) is 19.3. The van der Waals surface area contributed by atoms with E-state index in [0.29, 0.717) is 17.9 Å². The Hall–Kier alpha value is -2.58. The molecule has 0 fully saturated rings. The quantitative estimate of drug-likeness (QED) is 0.462. The molecule has 0 aliphatic rings. The standard InChI is InChI=1S/C24H23ClO2/c1-24(2,19-11-13-20(25)14-12-19)17-21(26)15-18-7-6-10-23(16-18)27-22-8-4-3-5-9-22/h3-14,16H,15,17H2,1-2H3. The van der Waals surface area contributed by atoms with Gasteiger partial charge >= 0.3 is 0 Å². The number of ketones is 1. The highest BCUT2D eigenvalue weighted by Crippen LogP contribution is 2.29. The van der Waals surface area contributed by atoms with Crippen molar-refractivity contribution in [1.82, 2.24) is 0 Å². The minimum atomic E-state index is -0.236. The van der Waals surface area contributed by atoms with Crippen LogP contribution in [0.3, 0.4) is 0 Å². The summed E-state index contributed by atoms with van der Waals surface area (Å²) in [4.78, 5) is 12.7. The van der Waals surface area contributed by atoms with E-state index in [-0.39, 0.29) is 11.2 Å². The molecule has 3 heteroatoms. The largest absolute Gasteiger partial charge is 0.457 e. The third kappa shape index (κ3) is 5.45. The molecule has 0 N–H and O–H groups in total. The van der Waals surface area contributed by atoms with E-state index < -0.39 is 0 Å². The topological polar surface area (TPSA) is 26.3 Å². The van der Waals surface area contributed by atoms with Gasteiger partial charge in [-0.3, -0.25) is 4.79 Å². The van der Waals surface area contributed by atoms with E-state index in [9.17, 15) is 4.79 Å². The van der Waals surface area contributed by atoms with Crippen LogP contribution in [0.2, 0.25) is 5.02 Å². The molecule has 138 valence electrons. The van der Waals surface area contributed by atoms with Crippen molar-refractivity contribution in [2.75, 3.05) is 0 Å². The van der Waals surface area contributed by atoms with Gasteiger partial charge in [0.15, 0.2) is 0 Å². The number of benzene rings is 3. The van der Waals surface area contributed by atoms with Crippen LogP contribution in [-0.4, -0.2) is 5.78 Å². The lowest BCUT2D eigenvalue weighted by molar-refractivity contribution is -0.119. The molecule has 3 aromatic carbocycles. The van der Waals surface area contributed by atoms with Crippen molar-refractivity contribution in [3.8, 4) is 11.5 Å². The zero-order valence-corrected chi connectivity index (χ0v) is 16.4. The first kappa shape index (κ1) is 19.2. The van der Waals surface area contributed by atoms with Crippen LogP contribution >= 0.6 is 11.6 Å². The Morgan fingerprint density at radius 3 is 2.26 bits per heavy atom. The lowest BCUT2D eigenvalue weighted by atomic mass is 9.79. The molecule has 0 aliphatic heterocycles. The molecule has 0 atom stereocenters. The molecule has 0 bridgehead atoms. The van der Waals surface area contributed by atoms with Gasteiger partial charge in [0.05, 0.1) is 0 Å². The van der Waals surface area contributed by atoms with Crippen molar-refractivity contribution in [1.29, 1.82) is 0 Å². The highest BCUT2D eigenvalue weighted by atomic mass is 35.5. The maximum Gasteiger partial charge on any atom is 0.138 e. The highest BCUT2D eigenvalue weighted by molar-refractivity contribution is 6.30. The summed E-state index contributed by atoms with van der Waals surface area (Å²) < 4.78 is 5.86. The fourth-order valence-electron chi connectivity index (χ4n) is 3.13. The van der Waals surface area contributed by atoms with E-state index in [1.54, 1.807) is 0 Å². The highest BCUT2D eigenvalue weighted by Gasteiger charge is 2.24. The van der Waals surface area contributed by atoms with Crippen LogP contribution in [0, 0.1) is 0 Å². The van der Waals surface area contributed by atoms with E-state index in [0.717, 1.165) is 22.6 Å². The number of hydrogen-bond acceptors (Lipinski definition) is 2. The van der Waals surface area contributed by atoms with Crippen LogP contribution in [0.15, 0.2) is 78.9 Å². The predicted molar refractivity (Wildman–Crippen MR) is 111 cm³/mol. The third-order valence-electron chi connectivity index (χ3n) is 4.54. The van der Waals surface area contributed by atoms with Crippen molar-refractivity contribution in [3.05, 3.63) is 95.0 Å². The van der Waals surface area contributed by atoms with Gasteiger partial charge in [-0.25, -0.2) is 0 Å². The molecule has 0 saturated carbocycles. The van der Waals surface area contributed by atoms with E-state index in [2.05, 4.69) is 13.8 Å². The Morgan fingerprint density at radius 1 is 0.889 bits per heavy atom. The summed E-state index contributed by atoms with van der Waals surface area (Å²) in [6, 6.07) is 25.1. The van der Waals surface area contributed by atoms with Crippen LogP contribution < -0.4 is 4.74 Å². The van der Waals surface area contributed by atoms with Gasteiger partial charge in [-0.2, -0.15) is 0 Å². The molecular formula is C24H23ClO2. The average Bonchev–Trinajstić information content (AvgIpc) is 2.62. The second-order valence-electron chi connectivity index (χ2n) is 7.35. The smallest absolute Gasteiger partial charge is 0.138 e. The lowest BCUT2D eigenvalue weighted by Crippen LogP contribution is -2.22. The molecular weight excluding hydrogens is 356 g/mol. The maximum absolute atomic E-state index is 12.7. The van der Waals surface area contributed by atoms with Crippen LogP contribution in [0.4, 0.5) is 0 Å². The molecule has 0 heterocycles. The van der Waals surface area contributed by atoms with Gasteiger partial charge in [-0.15, -0.1) is 0 Å². The summed E-state index contributed by atoms with van der Waals surface area (Å²) in [6.45, 7) is 4.17. The predicted octanol–water partition coefficient (Wildman–Crippen LogP) is 6.61. The van der Waals surface area contributed by atoms with Gasteiger partial charge in [0.1, 0.15) is 17.3 Å². The average molecular weight is 379 g/mol. The van der Waals surface area contributed by atoms with E-state index in [1.165, 1.54) is 0 Å². The number of Topliss-reactive ketones (excluding diaryl/α,β-unsaturated/α-hetero) is 1. The second-order valence-corrected chi connectivity index (χ2v) is 7.78. The van der Waals surface area contributed by atoms with Gasteiger partial charge in [-0.05, 0) is 52.9 Å². The monoisotopic (exact) mass is 378 g/mol. The van der Waals surface area contributed by atoms with Gasteiger partial charge in [-0.1, -0.05) is 67.9 Å². The molecule has 0 spiro atoms. The normalized spacial score (nSPS) is 11.2. The first-order valence-corrected chi connectivity index (χ1v) is 9.40. The Balaban J connectivity index is 1.65. The number of rotatable bonds is 7. The lowest BCUT2D eigenvalue weighted by Gasteiger charge is -2.24. The number of carbonyl (C=O) groups is 1. The molecule has 0 amide bonds. The van der Waals surface area contributed by atoms with Gasteiger partial charge < -0.3 is 4.74 Å². The summed E-state index contributed by atoms with van der Waals surface area (Å²) >= 11 is 5.97. The molecule has 0 aromatic heterocycles. The van der Waals surface area contributed by atoms with Gasteiger partial charge in [0, 0.05) is 17.9 Å². The fraction of sp³-hybridized carbons (Fsp3) is 0.208.